The average Bonchev–Trinajstić information content (AvgIpc) is 2.53. The van der Waals surface area contributed by atoms with E-state index in [2.05, 4.69) is 5.32 Å². The Morgan fingerprint density at radius 3 is 2.57 bits per heavy atom. The van der Waals surface area contributed by atoms with Crippen molar-refractivity contribution in [2.75, 3.05) is 6.61 Å². The molecule has 0 saturated heterocycles. The number of ether oxygens (including phenoxy) is 1. The molecule has 0 radical (unpaired) electrons. The number of amides is 1. The molecule has 0 aromatic heterocycles. The van der Waals surface area contributed by atoms with Crippen molar-refractivity contribution in [1.29, 1.82) is 0 Å². The third-order valence-electron chi connectivity index (χ3n) is 3.53. The van der Waals surface area contributed by atoms with Crippen LogP contribution in [0.2, 0.25) is 0 Å². The van der Waals surface area contributed by atoms with Crippen molar-refractivity contribution in [3.8, 4) is 0 Å². The van der Waals surface area contributed by atoms with Crippen LogP contribution >= 0.6 is 0 Å². The number of rotatable bonds is 5. The molecule has 0 bridgehead atoms. The SMILES string of the molecule is O=C(COC(=O)/C=C/c1ccccc1)NC1CCCCC1. The summed E-state index contributed by atoms with van der Waals surface area (Å²) in [5, 5.41) is 2.91. The predicted molar refractivity (Wildman–Crippen MR) is 81.5 cm³/mol. The van der Waals surface area contributed by atoms with E-state index in [9.17, 15) is 9.59 Å². The van der Waals surface area contributed by atoms with E-state index >= 15 is 0 Å². The molecular formula is C17H21NO3. The summed E-state index contributed by atoms with van der Waals surface area (Å²) >= 11 is 0. The van der Waals surface area contributed by atoms with E-state index in [0.717, 1.165) is 31.2 Å². The number of hydrogen-bond acceptors (Lipinski definition) is 3. The molecule has 21 heavy (non-hydrogen) atoms. The van der Waals surface area contributed by atoms with Gasteiger partial charge in [-0.15, -0.1) is 0 Å². The Morgan fingerprint density at radius 1 is 1.14 bits per heavy atom. The quantitative estimate of drug-likeness (QED) is 0.669. The van der Waals surface area contributed by atoms with Crippen molar-refractivity contribution in [2.45, 2.75) is 38.1 Å². The van der Waals surface area contributed by atoms with Gasteiger partial charge in [0.05, 0.1) is 0 Å². The summed E-state index contributed by atoms with van der Waals surface area (Å²) in [6, 6.07) is 9.71. The molecule has 2 rings (SSSR count). The second-order valence-electron chi connectivity index (χ2n) is 5.25. The van der Waals surface area contributed by atoms with Gasteiger partial charge in [0, 0.05) is 12.1 Å². The molecule has 4 heteroatoms. The molecule has 0 heterocycles. The maximum atomic E-state index is 11.7. The summed E-state index contributed by atoms with van der Waals surface area (Å²) in [5.74, 6) is -0.721. The number of nitrogens with one attached hydrogen (secondary N) is 1. The fourth-order valence-corrected chi connectivity index (χ4v) is 2.43. The Bertz CT molecular complexity index is 490. The van der Waals surface area contributed by atoms with Gasteiger partial charge in [0.1, 0.15) is 0 Å². The first-order chi connectivity index (χ1) is 10.2. The van der Waals surface area contributed by atoms with Gasteiger partial charge in [0.25, 0.3) is 5.91 Å². The van der Waals surface area contributed by atoms with Crippen LogP contribution < -0.4 is 5.32 Å². The normalized spacial score (nSPS) is 15.8. The highest BCUT2D eigenvalue weighted by Gasteiger charge is 2.16. The van der Waals surface area contributed by atoms with E-state index in [1.165, 1.54) is 12.5 Å². The largest absolute Gasteiger partial charge is 0.452 e. The smallest absolute Gasteiger partial charge is 0.331 e. The minimum absolute atomic E-state index is 0.214. The Kier molecular flexibility index (Phi) is 6.00. The average molecular weight is 287 g/mol. The van der Waals surface area contributed by atoms with Crippen LogP contribution in [-0.2, 0) is 14.3 Å². The molecule has 4 nitrogen and oxygen atoms in total. The van der Waals surface area contributed by atoms with Gasteiger partial charge >= 0.3 is 5.97 Å². The highest BCUT2D eigenvalue weighted by Crippen LogP contribution is 2.17. The summed E-state index contributed by atoms with van der Waals surface area (Å²) in [5.41, 5.74) is 0.918. The molecule has 112 valence electrons. The zero-order valence-corrected chi connectivity index (χ0v) is 12.1. The molecule has 1 aromatic carbocycles. The molecule has 1 amide bonds. The minimum atomic E-state index is -0.502. The van der Waals surface area contributed by atoms with Crippen LogP contribution in [0.3, 0.4) is 0 Å². The van der Waals surface area contributed by atoms with Crippen LogP contribution in [0.15, 0.2) is 36.4 Å². The molecular weight excluding hydrogens is 266 g/mol. The molecule has 0 spiro atoms. The van der Waals surface area contributed by atoms with Gasteiger partial charge in [-0.25, -0.2) is 4.79 Å². The highest BCUT2D eigenvalue weighted by molar-refractivity contribution is 5.89. The molecule has 0 unspecified atom stereocenters. The second-order valence-corrected chi connectivity index (χ2v) is 5.25. The first-order valence-corrected chi connectivity index (χ1v) is 7.43. The Balaban J connectivity index is 1.68. The van der Waals surface area contributed by atoms with Crippen molar-refractivity contribution in [3.63, 3.8) is 0 Å². The minimum Gasteiger partial charge on any atom is -0.452 e. The Labute approximate surface area is 125 Å². The lowest BCUT2D eigenvalue weighted by atomic mass is 9.95. The van der Waals surface area contributed by atoms with E-state index in [-0.39, 0.29) is 18.6 Å². The van der Waals surface area contributed by atoms with Crippen molar-refractivity contribution in [1.82, 2.24) is 5.32 Å². The highest BCUT2D eigenvalue weighted by atomic mass is 16.5. The van der Waals surface area contributed by atoms with Crippen molar-refractivity contribution < 1.29 is 14.3 Å². The van der Waals surface area contributed by atoms with Gasteiger partial charge in [-0.3, -0.25) is 4.79 Å². The number of carbonyl (C=O) groups excluding carboxylic acids is 2. The maximum Gasteiger partial charge on any atom is 0.331 e. The van der Waals surface area contributed by atoms with Crippen molar-refractivity contribution >= 4 is 18.0 Å². The molecule has 1 aliphatic carbocycles. The first kappa shape index (κ1) is 15.3. The van der Waals surface area contributed by atoms with Gasteiger partial charge in [0.2, 0.25) is 0 Å². The summed E-state index contributed by atoms with van der Waals surface area (Å²) in [6.07, 6.45) is 8.60. The number of benzene rings is 1. The van der Waals surface area contributed by atoms with Gasteiger partial charge in [-0.1, -0.05) is 49.6 Å². The third kappa shape index (κ3) is 5.81. The van der Waals surface area contributed by atoms with Crippen LogP contribution in [0.5, 0.6) is 0 Å². The third-order valence-corrected chi connectivity index (χ3v) is 3.53. The summed E-state index contributed by atoms with van der Waals surface area (Å²) in [6.45, 7) is -0.214. The van der Waals surface area contributed by atoms with Crippen LogP contribution in [0.4, 0.5) is 0 Å². The van der Waals surface area contributed by atoms with Gasteiger partial charge < -0.3 is 10.1 Å². The van der Waals surface area contributed by atoms with Crippen LogP contribution in [0.25, 0.3) is 6.08 Å². The molecule has 0 aliphatic heterocycles. The van der Waals surface area contributed by atoms with Crippen LogP contribution in [0, 0.1) is 0 Å². The van der Waals surface area contributed by atoms with Gasteiger partial charge in [-0.05, 0) is 24.5 Å². The molecule has 1 saturated carbocycles. The number of carbonyl (C=O) groups is 2. The van der Waals surface area contributed by atoms with Gasteiger partial charge in [-0.2, -0.15) is 0 Å². The van der Waals surface area contributed by atoms with Crippen molar-refractivity contribution in [3.05, 3.63) is 42.0 Å². The van der Waals surface area contributed by atoms with Crippen molar-refractivity contribution in [2.24, 2.45) is 0 Å². The fraction of sp³-hybridized carbons (Fsp3) is 0.412. The molecule has 1 N–H and O–H groups in total. The number of hydrogen-bond donors (Lipinski definition) is 1. The Morgan fingerprint density at radius 2 is 1.86 bits per heavy atom. The number of esters is 1. The topological polar surface area (TPSA) is 55.4 Å². The van der Waals surface area contributed by atoms with Crippen LogP contribution in [0.1, 0.15) is 37.7 Å². The molecule has 1 aliphatic rings. The summed E-state index contributed by atoms with van der Waals surface area (Å²) in [7, 11) is 0. The predicted octanol–water partition coefficient (Wildman–Crippen LogP) is 2.69. The van der Waals surface area contributed by atoms with E-state index in [0.29, 0.717) is 0 Å². The van der Waals surface area contributed by atoms with E-state index in [4.69, 9.17) is 4.74 Å². The van der Waals surface area contributed by atoms with Crippen LogP contribution in [-0.4, -0.2) is 24.5 Å². The standard InChI is InChI=1S/C17H21NO3/c19-16(18-15-9-5-2-6-10-15)13-21-17(20)12-11-14-7-3-1-4-8-14/h1,3-4,7-8,11-12,15H,2,5-6,9-10,13H2,(H,18,19)/b12-11+. The summed E-state index contributed by atoms with van der Waals surface area (Å²) < 4.78 is 4.93. The van der Waals surface area contributed by atoms with Gasteiger partial charge in [0.15, 0.2) is 6.61 Å². The summed E-state index contributed by atoms with van der Waals surface area (Å²) in [4.78, 5) is 23.2. The molecule has 0 atom stereocenters. The Hall–Kier alpha value is -2.10. The first-order valence-electron chi connectivity index (χ1n) is 7.43. The zero-order valence-electron chi connectivity index (χ0n) is 12.1. The van der Waals surface area contributed by atoms with E-state index < -0.39 is 5.97 Å². The monoisotopic (exact) mass is 287 g/mol. The van der Waals surface area contributed by atoms with E-state index in [1.54, 1.807) is 6.08 Å². The molecule has 1 fully saturated rings. The van der Waals surface area contributed by atoms with E-state index in [1.807, 2.05) is 30.3 Å². The second kappa shape index (κ2) is 8.25. The zero-order chi connectivity index (χ0) is 14.9. The molecule has 1 aromatic rings. The lowest BCUT2D eigenvalue weighted by Crippen LogP contribution is -2.38. The maximum absolute atomic E-state index is 11.7. The fourth-order valence-electron chi connectivity index (χ4n) is 2.43. The lowest BCUT2D eigenvalue weighted by molar-refractivity contribution is -0.144. The lowest BCUT2D eigenvalue weighted by Gasteiger charge is -2.22.